The quantitative estimate of drug-likeness (QED) is 0.683. The molecule has 2 aromatic carbocycles. The van der Waals surface area contributed by atoms with Gasteiger partial charge in [-0.25, -0.2) is 0 Å². The van der Waals surface area contributed by atoms with Gasteiger partial charge in [0.15, 0.2) is 6.61 Å². The van der Waals surface area contributed by atoms with Gasteiger partial charge in [-0.15, -0.1) is 0 Å². The molecule has 0 saturated carbocycles. The summed E-state index contributed by atoms with van der Waals surface area (Å²) in [7, 11) is 0. The van der Waals surface area contributed by atoms with Crippen molar-refractivity contribution in [1.29, 1.82) is 0 Å². The number of carbonyl (C=O) groups is 3. The largest absolute Gasteiger partial charge is 0.482 e. The minimum Gasteiger partial charge on any atom is -0.482 e. The number of rotatable bonds is 3. The maximum absolute atomic E-state index is 12.5. The van der Waals surface area contributed by atoms with E-state index in [9.17, 15) is 27.6 Å². The molecule has 1 N–H and O–H groups in total. The van der Waals surface area contributed by atoms with E-state index >= 15 is 0 Å². The molecule has 1 aliphatic heterocycles. The molecule has 128 valence electrons. The molecule has 0 aliphatic carbocycles. The summed E-state index contributed by atoms with van der Waals surface area (Å²) in [5, 5.41) is 2.51. The number of carbonyl (C=O) groups excluding carboxylic acids is 3. The minimum atomic E-state index is -4.53. The number of ether oxygens (including phenoxy) is 1. The second-order valence-corrected chi connectivity index (χ2v) is 5.28. The Kier molecular flexibility index (Phi) is 4.03. The second-order valence-electron chi connectivity index (χ2n) is 5.28. The van der Waals surface area contributed by atoms with Gasteiger partial charge < -0.3 is 10.1 Å². The fourth-order valence-electron chi connectivity index (χ4n) is 2.30. The van der Waals surface area contributed by atoms with Gasteiger partial charge in [0, 0.05) is 11.1 Å². The van der Waals surface area contributed by atoms with Crippen molar-refractivity contribution >= 4 is 23.2 Å². The first-order chi connectivity index (χ1) is 11.8. The first kappa shape index (κ1) is 16.7. The molecule has 3 rings (SSSR count). The Balaban J connectivity index is 1.84. The van der Waals surface area contributed by atoms with Gasteiger partial charge in [-0.05, 0) is 30.3 Å². The molecule has 0 fully saturated rings. The van der Waals surface area contributed by atoms with Gasteiger partial charge in [0.05, 0.1) is 11.3 Å². The number of hydrogen-bond donors (Lipinski definition) is 1. The van der Waals surface area contributed by atoms with Gasteiger partial charge >= 0.3 is 6.18 Å². The van der Waals surface area contributed by atoms with Crippen LogP contribution in [0.3, 0.4) is 0 Å². The minimum absolute atomic E-state index is 0.00514. The lowest BCUT2D eigenvalue weighted by Crippen LogP contribution is -2.25. The topological polar surface area (TPSA) is 72.5 Å². The van der Waals surface area contributed by atoms with Crippen LogP contribution in [0.4, 0.5) is 18.9 Å². The number of Topliss-reactive ketones (excluding diaryl/α,β-unsaturated/α-hetero) is 2. The maximum Gasteiger partial charge on any atom is 0.416 e. The fourth-order valence-corrected chi connectivity index (χ4v) is 2.30. The Hall–Kier alpha value is -3.16. The highest BCUT2D eigenvalue weighted by Gasteiger charge is 2.30. The number of halogens is 3. The number of alkyl halides is 3. The lowest BCUT2D eigenvalue weighted by molar-refractivity contribution is -0.137. The van der Waals surface area contributed by atoms with Crippen LogP contribution in [0.2, 0.25) is 0 Å². The number of hydrogen-bond acceptors (Lipinski definition) is 4. The number of ketones is 2. The van der Waals surface area contributed by atoms with E-state index < -0.39 is 29.2 Å². The summed E-state index contributed by atoms with van der Waals surface area (Å²) < 4.78 is 42.8. The van der Waals surface area contributed by atoms with Crippen molar-refractivity contribution in [3.63, 3.8) is 0 Å². The predicted octanol–water partition coefficient (Wildman–Crippen LogP) is 3.10. The van der Waals surface area contributed by atoms with Crippen LogP contribution in [-0.2, 0) is 11.0 Å². The normalized spacial score (nSPS) is 13.5. The van der Waals surface area contributed by atoms with Crippen molar-refractivity contribution in [3.05, 3.63) is 59.2 Å². The van der Waals surface area contributed by atoms with Crippen molar-refractivity contribution in [2.45, 2.75) is 6.18 Å². The zero-order valence-corrected chi connectivity index (χ0v) is 12.5. The Bertz CT molecular complexity index is 872. The Morgan fingerprint density at radius 3 is 2.20 bits per heavy atom. The Labute approximate surface area is 139 Å². The van der Waals surface area contributed by atoms with Gasteiger partial charge in [-0.3, -0.25) is 14.4 Å². The molecule has 5 nitrogen and oxygen atoms in total. The SMILES string of the molecule is O=C1COc2ccc(C(=O)C(=O)c3ccc(C(F)(F)F)cc3)cc2N1. The molecule has 8 heteroatoms. The highest BCUT2D eigenvalue weighted by molar-refractivity contribution is 6.49. The van der Waals surface area contributed by atoms with Crippen molar-refractivity contribution in [3.8, 4) is 5.75 Å². The molecule has 0 saturated heterocycles. The van der Waals surface area contributed by atoms with E-state index in [1.165, 1.54) is 18.2 Å². The van der Waals surface area contributed by atoms with Crippen LogP contribution in [0, 0.1) is 0 Å². The summed E-state index contributed by atoms with van der Waals surface area (Å²) in [4.78, 5) is 35.8. The van der Waals surface area contributed by atoms with E-state index in [1.54, 1.807) is 0 Å². The number of anilines is 1. The van der Waals surface area contributed by atoms with Crippen LogP contribution in [0.5, 0.6) is 5.75 Å². The number of amides is 1. The van der Waals surface area contributed by atoms with E-state index in [4.69, 9.17) is 4.74 Å². The smallest absolute Gasteiger partial charge is 0.416 e. The van der Waals surface area contributed by atoms with Gasteiger partial charge in [0.25, 0.3) is 5.91 Å². The third kappa shape index (κ3) is 3.37. The lowest BCUT2D eigenvalue weighted by Gasteiger charge is -2.18. The summed E-state index contributed by atoms with van der Waals surface area (Å²) in [5.41, 5.74) is -0.821. The standard InChI is InChI=1S/C17H10F3NO4/c18-17(19,20)11-4-1-9(2-5-11)15(23)16(24)10-3-6-13-12(7-10)21-14(22)8-25-13/h1-7H,8H2,(H,21,22). The summed E-state index contributed by atoms with van der Waals surface area (Å²) in [6.45, 7) is -0.148. The maximum atomic E-state index is 12.5. The Morgan fingerprint density at radius 1 is 0.960 bits per heavy atom. The second kappa shape index (κ2) is 6.04. The third-order valence-corrected chi connectivity index (χ3v) is 3.56. The first-order valence-corrected chi connectivity index (χ1v) is 7.09. The Morgan fingerprint density at radius 2 is 1.56 bits per heavy atom. The van der Waals surface area contributed by atoms with Crippen molar-refractivity contribution in [1.82, 2.24) is 0 Å². The number of nitrogens with one attached hydrogen (secondary N) is 1. The average molecular weight is 349 g/mol. The van der Waals surface area contributed by atoms with Crippen LogP contribution in [-0.4, -0.2) is 24.1 Å². The number of benzene rings is 2. The van der Waals surface area contributed by atoms with Crippen LogP contribution in [0.1, 0.15) is 26.3 Å². The van der Waals surface area contributed by atoms with E-state index in [-0.39, 0.29) is 23.4 Å². The highest BCUT2D eigenvalue weighted by atomic mass is 19.4. The van der Waals surface area contributed by atoms with Gasteiger partial charge in [-0.2, -0.15) is 13.2 Å². The summed E-state index contributed by atoms with van der Waals surface area (Å²) in [6.07, 6.45) is -4.53. The molecule has 0 bridgehead atoms. The molecule has 0 radical (unpaired) electrons. The molecule has 2 aromatic rings. The third-order valence-electron chi connectivity index (χ3n) is 3.56. The van der Waals surface area contributed by atoms with Gasteiger partial charge in [0.2, 0.25) is 11.6 Å². The molecule has 0 aromatic heterocycles. The summed E-state index contributed by atoms with van der Waals surface area (Å²) in [5.74, 6) is -1.89. The monoisotopic (exact) mass is 349 g/mol. The van der Waals surface area contributed by atoms with Crippen LogP contribution in [0.25, 0.3) is 0 Å². The highest BCUT2D eigenvalue weighted by Crippen LogP contribution is 2.30. The zero-order valence-electron chi connectivity index (χ0n) is 12.5. The lowest BCUT2D eigenvalue weighted by atomic mass is 9.99. The molecule has 0 unspecified atom stereocenters. The van der Waals surface area contributed by atoms with E-state index in [0.717, 1.165) is 24.3 Å². The van der Waals surface area contributed by atoms with Crippen molar-refractivity contribution in [2.24, 2.45) is 0 Å². The van der Waals surface area contributed by atoms with E-state index in [2.05, 4.69) is 5.32 Å². The molecule has 1 aliphatic rings. The number of fused-ring (bicyclic) bond motifs is 1. The molecule has 25 heavy (non-hydrogen) atoms. The van der Waals surface area contributed by atoms with Crippen molar-refractivity contribution in [2.75, 3.05) is 11.9 Å². The molecular formula is C17H10F3NO4. The van der Waals surface area contributed by atoms with E-state index in [1.807, 2.05) is 0 Å². The average Bonchev–Trinajstić information content (AvgIpc) is 2.59. The molecule has 1 amide bonds. The van der Waals surface area contributed by atoms with Crippen LogP contribution >= 0.6 is 0 Å². The van der Waals surface area contributed by atoms with Crippen molar-refractivity contribution < 1.29 is 32.3 Å². The zero-order chi connectivity index (χ0) is 18.2. The van der Waals surface area contributed by atoms with Gasteiger partial charge in [0.1, 0.15) is 5.75 Å². The molecule has 0 atom stereocenters. The molecule has 1 heterocycles. The van der Waals surface area contributed by atoms with Crippen LogP contribution < -0.4 is 10.1 Å². The first-order valence-electron chi connectivity index (χ1n) is 7.09. The molecule has 0 spiro atoms. The van der Waals surface area contributed by atoms with Crippen LogP contribution in [0.15, 0.2) is 42.5 Å². The molecular weight excluding hydrogens is 339 g/mol. The summed E-state index contributed by atoms with van der Waals surface area (Å²) >= 11 is 0. The fraction of sp³-hybridized carbons (Fsp3) is 0.118. The van der Waals surface area contributed by atoms with E-state index in [0.29, 0.717) is 5.75 Å². The van der Waals surface area contributed by atoms with Gasteiger partial charge in [-0.1, -0.05) is 12.1 Å². The summed E-state index contributed by atoms with van der Waals surface area (Å²) in [6, 6.07) is 7.45. The predicted molar refractivity (Wildman–Crippen MR) is 80.7 cm³/mol.